The molecule has 0 saturated carbocycles. The Morgan fingerprint density at radius 3 is 1.33 bits per heavy atom. The van der Waals surface area contributed by atoms with Gasteiger partial charge in [-0.05, 0) is 137 Å². The van der Waals surface area contributed by atoms with Crippen LogP contribution in [0.1, 0.15) is 72.2 Å². The lowest BCUT2D eigenvalue weighted by Gasteiger charge is -2.33. The summed E-state index contributed by atoms with van der Waals surface area (Å²) in [6, 6.07) is 81.2. The van der Waals surface area contributed by atoms with Crippen LogP contribution in [0.3, 0.4) is 0 Å². The highest BCUT2D eigenvalue weighted by Crippen LogP contribution is 2.67. The van der Waals surface area contributed by atoms with Gasteiger partial charge in [-0.25, -0.2) is 0 Å². The Hall–Kier alpha value is -7.78. The van der Waals surface area contributed by atoms with Crippen LogP contribution in [0.4, 0.5) is 17.1 Å². The zero-order chi connectivity index (χ0) is 46.0. The van der Waals surface area contributed by atoms with Crippen molar-refractivity contribution >= 4 is 48.6 Å². The molecule has 0 saturated heterocycles. The number of hydrogen-bond acceptors (Lipinski definition) is 2. The molecule has 69 heavy (non-hydrogen) atoms. The summed E-state index contributed by atoms with van der Waals surface area (Å²) in [4.78, 5) is 2.68. The molecule has 0 aliphatic heterocycles. The molecule has 0 fully saturated rings. The van der Waals surface area contributed by atoms with E-state index in [2.05, 4.69) is 245 Å². The molecule has 11 aromatic rings. The van der Waals surface area contributed by atoms with Gasteiger partial charge in [0.05, 0.1) is 11.1 Å². The van der Waals surface area contributed by atoms with Crippen LogP contribution in [-0.2, 0) is 16.2 Å². The lowest BCUT2D eigenvalue weighted by Crippen LogP contribution is -2.26. The van der Waals surface area contributed by atoms with Gasteiger partial charge < -0.3 is 4.90 Å². The molecule has 15 rings (SSSR count). The largest absolute Gasteiger partial charge is 0.309 e. The second kappa shape index (κ2) is 13.7. The maximum Gasteiger partial charge on any atom is 0.0726 e. The van der Waals surface area contributed by atoms with Crippen molar-refractivity contribution in [2.24, 2.45) is 0 Å². The summed E-state index contributed by atoms with van der Waals surface area (Å²) in [6.07, 6.45) is 0. The topological polar surface area (TPSA) is 3.24 Å². The molecule has 0 bridgehead atoms. The fourth-order valence-electron chi connectivity index (χ4n) is 13.6. The van der Waals surface area contributed by atoms with E-state index in [1.807, 2.05) is 11.3 Å². The highest BCUT2D eigenvalue weighted by Gasteiger charge is 2.53. The third-order valence-corrected chi connectivity index (χ3v) is 17.8. The molecule has 10 aromatic carbocycles. The number of hydrogen-bond donors (Lipinski definition) is 0. The monoisotopic (exact) mass is 897 g/mol. The predicted molar refractivity (Wildman–Crippen MR) is 291 cm³/mol. The van der Waals surface area contributed by atoms with Crippen LogP contribution in [0.25, 0.3) is 75.8 Å². The smallest absolute Gasteiger partial charge is 0.0726 e. The summed E-state index contributed by atoms with van der Waals surface area (Å²) in [5.41, 5.74) is 26.6. The van der Waals surface area contributed by atoms with Crippen LogP contribution < -0.4 is 4.90 Å². The Balaban J connectivity index is 1.12. The number of rotatable bonds is 4. The van der Waals surface area contributed by atoms with Gasteiger partial charge in [-0.15, -0.1) is 11.3 Å². The van der Waals surface area contributed by atoms with Gasteiger partial charge in [0.1, 0.15) is 0 Å². The van der Waals surface area contributed by atoms with E-state index in [0.29, 0.717) is 0 Å². The molecule has 0 unspecified atom stereocenters. The van der Waals surface area contributed by atoms with Gasteiger partial charge in [0.2, 0.25) is 0 Å². The average molecular weight is 898 g/mol. The van der Waals surface area contributed by atoms with E-state index in [4.69, 9.17) is 0 Å². The van der Waals surface area contributed by atoms with E-state index >= 15 is 0 Å². The van der Waals surface area contributed by atoms with Crippen LogP contribution in [-0.4, -0.2) is 0 Å². The van der Waals surface area contributed by atoms with E-state index in [1.54, 1.807) is 0 Å². The minimum atomic E-state index is -0.512. The van der Waals surface area contributed by atoms with Crippen molar-refractivity contribution in [2.45, 2.75) is 43.9 Å². The summed E-state index contributed by atoms with van der Waals surface area (Å²) in [6.45, 7) is 9.63. The standard InChI is InChI=1S/C67H47NS/c1-65(2)52-25-13-8-20-44(52)48-33-31-42(37-57(48)65)68(43-32-34-49-45-21-9-14-26-53(45)66(3,4)58(49)38-43)64-62-50-24-12-17-29-56(50)67(54-27-15-10-22-46(54)47-23-11-16-28-55(47)67)59(62)39-61-63(64)51-36-41(30-35-60(51)69-61)40-18-6-5-7-19-40/h5-39H,1-4H3. The van der Waals surface area contributed by atoms with Crippen LogP contribution in [0.5, 0.6) is 0 Å². The Morgan fingerprint density at radius 1 is 0.333 bits per heavy atom. The zero-order valence-corrected chi connectivity index (χ0v) is 39.9. The Kier molecular flexibility index (Phi) is 7.78. The third kappa shape index (κ3) is 4.99. The average Bonchev–Trinajstić information content (AvgIpc) is 4.13. The van der Waals surface area contributed by atoms with E-state index < -0.39 is 5.41 Å². The summed E-state index contributed by atoms with van der Waals surface area (Å²) in [5, 5.41) is 2.58. The van der Waals surface area contributed by atoms with Gasteiger partial charge in [0, 0.05) is 47.9 Å². The summed E-state index contributed by atoms with van der Waals surface area (Å²) >= 11 is 1.93. The molecular formula is C67H47NS. The van der Waals surface area contributed by atoms with Gasteiger partial charge in [0.25, 0.3) is 0 Å². The Bertz CT molecular complexity index is 3880. The van der Waals surface area contributed by atoms with Crippen LogP contribution in [0.2, 0.25) is 0 Å². The highest BCUT2D eigenvalue weighted by molar-refractivity contribution is 7.26. The highest BCUT2D eigenvalue weighted by atomic mass is 32.1. The lowest BCUT2D eigenvalue weighted by molar-refractivity contribution is 0.660. The summed E-state index contributed by atoms with van der Waals surface area (Å²) < 4.78 is 2.59. The van der Waals surface area contributed by atoms with E-state index in [9.17, 15) is 0 Å². The Labute approximate surface area is 407 Å². The van der Waals surface area contributed by atoms with Crippen molar-refractivity contribution in [1.82, 2.24) is 0 Å². The molecular weight excluding hydrogens is 851 g/mol. The van der Waals surface area contributed by atoms with Crippen molar-refractivity contribution in [3.8, 4) is 55.6 Å². The minimum absolute atomic E-state index is 0.184. The van der Waals surface area contributed by atoms with Crippen molar-refractivity contribution < 1.29 is 0 Å². The maximum atomic E-state index is 2.68. The molecule has 4 aliphatic carbocycles. The first-order chi connectivity index (χ1) is 33.7. The predicted octanol–water partition coefficient (Wildman–Crippen LogP) is 18.1. The van der Waals surface area contributed by atoms with Crippen molar-refractivity contribution in [3.63, 3.8) is 0 Å². The number of fused-ring (bicyclic) bond motifs is 19. The molecule has 326 valence electrons. The van der Waals surface area contributed by atoms with Crippen LogP contribution in [0, 0.1) is 0 Å². The fraction of sp³-hybridized carbons (Fsp3) is 0.104. The fourth-order valence-corrected chi connectivity index (χ4v) is 14.7. The number of anilines is 3. The van der Waals surface area contributed by atoms with Crippen molar-refractivity contribution in [1.29, 1.82) is 0 Å². The zero-order valence-electron chi connectivity index (χ0n) is 39.1. The van der Waals surface area contributed by atoms with Crippen molar-refractivity contribution in [2.75, 3.05) is 4.90 Å². The molecule has 2 heteroatoms. The number of nitrogens with zero attached hydrogens (tertiary/aromatic N) is 1. The van der Waals surface area contributed by atoms with Crippen LogP contribution >= 0.6 is 11.3 Å². The maximum absolute atomic E-state index is 2.68. The first kappa shape index (κ1) is 39.2. The molecule has 4 aliphatic rings. The van der Waals surface area contributed by atoms with Gasteiger partial charge in [0.15, 0.2) is 0 Å². The lowest BCUT2D eigenvalue weighted by atomic mass is 9.70. The van der Waals surface area contributed by atoms with Gasteiger partial charge in [-0.1, -0.05) is 198 Å². The van der Waals surface area contributed by atoms with Gasteiger partial charge in [-0.3, -0.25) is 0 Å². The quantitative estimate of drug-likeness (QED) is 0.170. The van der Waals surface area contributed by atoms with Gasteiger partial charge >= 0.3 is 0 Å². The second-order valence-electron chi connectivity index (χ2n) is 20.7. The molecule has 0 N–H and O–H groups in total. The normalized spacial score (nSPS) is 15.3. The first-order valence-electron chi connectivity index (χ1n) is 24.4. The first-order valence-corrected chi connectivity index (χ1v) is 25.2. The third-order valence-electron chi connectivity index (χ3n) is 16.7. The number of benzene rings is 10. The van der Waals surface area contributed by atoms with Gasteiger partial charge in [-0.2, -0.15) is 0 Å². The summed E-state index contributed by atoms with van der Waals surface area (Å²) in [7, 11) is 0. The molecule has 1 heterocycles. The van der Waals surface area contributed by atoms with Crippen molar-refractivity contribution in [3.05, 3.63) is 257 Å². The van der Waals surface area contributed by atoms with E-state index in [1.165, 1.54) is 137 Å². The second-order valence-corrected chi connectivity index (χ2v) is 21.8. The minimum Gasteiger partial charge on any atom is -0.309 e. The molecule has 1 spiro atoms. The molecule has 1 nitrogen and oxygen atoms in total. The molecule has 1 aromatic heterocycles. The molecule has 0 amide bonds. The SMILES string of the molecule is CC1(C)c2ccccc2-c2ccc(N(c3ccc4c(c3)C(C)(C)c3ccccc3-4)c3c4c(cc5sc6ccc(-c7ccccc7)cc6c35)C3(c5ccccc5-c5ccccc53)c3ccccc3-4)cc21. The van der Waals surface area contributed by atoms with E-state index in [-0.39, 0.29) is 10.8 Å². The van der Waals surface area contributed by atoms with E-state index in [0.717, 1.165) is 0 Å². The molecule has 0 atom stereocenters. The molecule has 0 radical (unpaired) electrons. The number of thiophene rings is 1. The summed E-state index contributed by atoms with van der Waals surface area (Å²) in [5.74, 6) is 0. The van der Waals surface area contributed by atoms with Crippen LogP contribution in [0.15, 0.2) is 212 Å². The Morgan fingerprint density at radius 2 is 0.783 bits per heavy atom.